The molecule has 0 bridgehead atoms. The van der Waals surface area contributed by atoms with Gasteiger partial charge in [0.05, 0.1) is 13.2 Å². The fourth-order valence-electron chi connectivity index (χ4n) is 2.41. The van der Waals surface area contributed by atoms with Crippen LogP contribution in [0.5, 0.6) is 0 Å². The Kier molecular flexibility index (Phi) is 4.87. The zero-order valence-electron chi connectivity index (χ0n) is 13.5. The smallest absolute Gasteiger partial charge is 0.370 e. The van der Waals surface area contributed by atoms with Crippen LogP contribution in [-0.4, -0.2) is 40.5 Å². The molecule has 0 aromatic carbocycles. The Balaban J connectivity index is 1.80. The fraction of sp³-hybridized carbons (Fsp3) is 0.438. The highest BCUT2D eigenvalue weighted by Crippen LogP contribution is 2.30. The summed E-state index contributed by atoms with van der Waals surface area (Å²) in [5.41, 5.74) is -0.753. The van der Waals surface area contributed by atoms with E-state index in [0.717, 1.165) is 6.07 Å². The van der Waals surface area contributed by atoms with Crippen LogP contribution < -0.4 is 5.32 Å². The number of alkyl halides is 3. The number of pyridine rings is 1. The minimum atomic E-state index is -4.58. The van der Waals surface area contributed by atoms with E-state index in [-0.39, 0.29) is 17.3 Å². The van der Waals surface area contributed by atoms with E-state index in [2.05, 4.69) is 20.3 Å². The Morgan fingerprint density at radius 1 is 1.20 bits per heavy atom. The number of ether oxygens (including phenoxy) is 2. The molecule has 1 fully saturated rings. The van der Waals surface area contributed by atoms with Gasteiger partial charge in [0, 0.05) is 25.2 Å². The van der Waals surface area contributed by atoms with Crippen molar-refractivity contribution in [2.45, 2.75) is 25.3 Å². The lowest BCUT2D eigenvalue weighted by Gasteiger charge is -2.22. The summed E-state index contributed by atoms with van der Waals surface area (Å²) in [5.74, 6) is -0.737. The Bertz CT molecular complexity index is 719. The summed E-state index contributed by atoms with van der Waals surface area (Å²) in [5, 5.41) is 2.88. The lowest BCUT2D eigenvalue weighted by atomic mass is 10.2. The molecule has 9 heteroatoms. The molecule has 0 radical (unpaired) electrons. The first-order valence-corrected chi connectivity index (χ1v) is 7.75. The van der Waals surface area contributed by atoms with Gasteiger partial charge >= 0.3 is 6.18 Å². The summed E-state index contributed by atoms with van der Waals surface area (Å²) >= 11 is 0. The first-order valence-electron chi connectivity index (χ1n) is 7.75. The molecule has 6 nitrogen and oxygen atoms in total. The van der Waals surface area contributed by atoms with E-state index in [1.54, 1.807) is 25.1 Å². The van der Waals surface area contributed by atoms with Gasteiger partial charge in [0.1, 0.15) is 11.5 Å². The highest BCUT2D eigenvalue weighted by atomic mass is 19.4. The third-order valence-electron chi connectivity index (χ3n) is 3.69. The zero-order valence-corrected chi connectivity index (χ0v) is 13.5. The predicted molar refractivity (Wildman–Crippen MR) is 83.7 cm³/mol. The molecule has 0 unspecified atom stereocenters. The number of anilines is 1. The van der Waals surface area contributed by atoms with Crippen molar-refractivity contribution in [3.63, 3.8) is 0 Å². The lowest BCUT2D eigenvalue weighted by Crippen LogP contribution is -2.28. The van der Waals surface area contributed by atoms with E-state index in [1.807, 2.05) is 0 Å². The van der Waals surface area contributed by atoms with Crippen LogP contribution in [0.1, 0.15) is 19.0 Å². The second-order valence-corrected chi connectivity index (χ2v) is 5.68. The molecular formula is C16H17F3N4O2. The standard InChI is InChI=1S/C16H17F3N4O2/c1-15(24-8-9-25-15)5-7-21-13-10-12(16(17,18)19)22-14(23-13)11-4-2-3-6-20-11/h2-4,6,10H,5,7-9H2,1H3,(H,21,22,23). The van der Waals surface area contributed by atoms with Gasteiger partial charge in [-0.1, -0.05) is 6.07 Å². The third kappa shape index (κ3) is 4.43. The van der Waals surface area contributed by atoms with Gasteiger partial charge in [-0.3, -0.25) is 4.98 Å². The lowest BCUT2D eigenvalue weighted by molar-refractivity contribution is -0.144. The van der Waals surface area contributed by atoms with Crippen LogP contribution in [0.25, 0.3) is 11.5 Å². The van der Waals surface area contributed by atoms with Crippen LogP contribution in [0.2, 0.25) is 0 Å². The average Bonchev–Trinajstić information content (AvgIpc) is 3.01. The number of aromatic nitrogens is 3. The summed E-state index contributed by atoms with van der Waals surface area (Å²) in [6, 6.07) is 5.76. The van der Waals surface area contributed by atoms with E-state index in [4.69, 9.17) is 9.47 Å². The first kappa shape index (κ1) is 17.6. The molecule has 0 amide bonds. The average molecular weight is 354 g/mol. The minimum absolute atomic E-state index is 0.0737. The van der Waals surface area contributed by atoms with Crippen LogP contribution in [0, 0.1) is 0 Å². The van der Waals surface area contributed by atoms with Crippen molar-refractivity contribution in [1.82, 2.24) is 15.0 Å². The minimum Gasteiger partial charge on any atom is -0.370 e. The molecule has 0 atom stereocenters. The van der Waals surface area contributed by atoms with Gasteiger partial charge in [-0.25, -0.2) is 9.97 Å². The molecule has 25 heavy (non-hydrogen) atoms. The van der Waals surface area contributed by atoms with Crippen molar-refractivity contribution >= 4 is 5.82 Å². The van der Waals surface area contributed by atoms with E-state index in [9.17, 15) is 13.2 Å². The summed E-state index contributed by atoms with van der Waals surface area (Å²) in [6.07, 6.45) is -2.63. The molecule has 0 spiro atoms. The molecule has 0 aliphatic carbocycles. The van der Waals surface area contributed by atoms with Gasteiger partial charge in [0.25, 0.3) is 0 Å². The van der Waals surface area contributed by atoms with Gasteiger partial charge < -0.3 is 14.8 Å². The molecule has 2 aromatic heterocycles. The largest absolute Gasteiger partial charge is 0.433 e. The molecule has 134 valence electrons. The van der Waals surface area contributed by atoms with Crippen molar-refractivity contribution in [2.24, 2.45) is 0 Å². The Morgan fingerprint density at radius 2 is 1.96 bits per heavy atom. The number of nitrogens with one attached hydrogen (secondary N) is 1. The van der Waals surface area contributed by atoms with Gasteiger partial charge in [0.15, 0.2) is 17.3 Å². The van der Waals surface area contributed by atoms with Crippen LogP contribution in [0.15, 0.2) is 30.5 Å². The Labute approximate surface area is 142 Å². The summed E-state index contributed by atoms with van der Waals surface area (Å²) in [4.78, 5) is 11.7. The van der Waals surface area contributed by atoms with Crippen molar-refractivity contribution in [2.75, 3.05) is 25.1 Å². The van der Waals surface area contributed by atoms with Gasteiger partial charge in [-0.05, 0) is 19.1 Å². The van der Waals surface area contributed by atoms with Gasteiger partial charge in [0.2, 0.25) is 0 Å². The van der Waals surface area contributed by atoms with Gasteiger partial charge in [-0.15, -0.1) is 0 Å². The topological polar surface area (TPSA) is 69.2 Å². The second-order valence-electron chi connectivity index (χ2n) is 5.68. The maximum absolute atomic E-state index is 13.1. The SMILES string of the molecule is CC1(CCNc2cc(C(F)(F)F)nc(-c3ccccn3)n2)OCCO1. The first-order chi connectivity index (χ1) is 11.9. The number of halogens is 3. The van der Waals surface area contributed by atoms with Crippen molar-refractivity contribution in [1.29, 1.82) is 0 Å². The molecule has 1 aliphatic rings. The highest BCUT2D eigenvalue weighted by molar-refractivity contribution is 5.53. The summed E-state index contributed by atoms with van der Waals surface area (Å²) in [6.45, 7) is 3.15. The molecule has 0 saturated carbocycles. The van der Waals surface area contributed by atoms with E-state index in [0.29, 0.717) is 26.2 Å². The van der Waals surface area contributed by atoms with Crippen molar-refractivity contribution in [3.8, 4) is 11.5 Å². The quantitative estimate of drug-likeness (QED) is 0.890. The molecular weight excluding hydrogens is 337 g/mol. The van der Waals surface area contributed by atoms with Crippen LogP contribution in [0.3, 0.4) is 0 Å². The number of hydrogen-bond acceptors (Lipinski definition) is 6. The van der Waals surface area contributed by atoms with Crippen LogP contribution >= 0.6 is 0 Å². The Hall–Kier alpha value is -2.26. The monoisotopic (exact) mass is 354 g/mol. The number of rotatable bonds is 5. The zero-order chi connectivity index (χ0) is 17.9. The van der Waals surface area contributed by atoms with Gasteiger partial charge in [-0.2, -0.15) is 13.2 Å². The summed E-state index contributed by atoms with van der Waals surface area (Å²) in [7, 11) is 0. The van der Waals surface area contributed by atoms with Crippen LogP contribution in [0.4, 0.5) is 19.0 Å². The number of hydrogen-bond donors (Lipinski definition) is 1. The summed E-state index contributed by atoms with van der Waals surface area (Å²) < 4.78 is 50.3. The van der Waals surface area contributed by atoms with E-state index < -0.39 is 17.7 Å². The molecule has 1 saturated heterocycles. The maximum Gasteiger partial charge on any atom is 0.433 e. The van der Waals surface area contributed by atoms with Crippen molar-refractivity contribution in [3.05, 3.63) is 36.2 Å². The van der Waals surface area contributed by atoms with E-state index >= 15 is 0 Å². The van der Waals surface area contributed by atoms with Crippen LogP contribution in [-0.2, 0) is 15.7 Å². The molecule has 1 N–H and O–H groups in total. The normalized spacial score (nSPS) is 16.8. The second kappa shape index (κ2) is 6.93. The third-order valence-corrected chi connectivity index (χ3v) is 3.69. The fourth-order valence-corrected chi connectivity index (χ4v) is 2.41. The maximum atomic E-state index is 13.1. The predicted octanol–water partition coefficient (Wildman–Crippen LogP) is 3.12. The molecule has 3 rings (SSSR count). The number of nitrogens with zero attached hydrogens (tertiary/aromatic N) is 3. The highest BCUT2D eigenvalue weighted by Gasteiger charge is 2.34. The van der Waals surface area contributed by atoms with Crippen molar-refractivity contribution < 1.29 is 22.6 Å². The molecule has 3 heterocycles. The molecule has 2 aromatic rings. The molecule has 1 aliphatic heterocycles. The van der Waals surface area contributed by atoms with E-state index in [1.165, 1.54) is 6.20 Å². The Morgan fingerprint density at radius 3 is 2.60 bits per heavy atom.